The lowest BCUT2D eigenvalue weighted by molar-refractivity contribution is 0.624. The van der Waals surface area contributed by atoms with Crippen LogP contribution in [0.4, 0.5) is 10.1 Å². The standard InChI is InChI=1S/C8H6FNS/c9-6-1-2-7-8(5-6)11-4-3-10-7/h1-5,10H. The summed E-state index contributed by atoms with van der Waals surface area (Å²) in [5.41, 5.74) is 0.971. The van der Waals surface area contributed by atoms with E-state index < -0.39 is 0 Å². The van der Waals surface area contributed by atoms with Gasteiger partial charge in [-0.15, -0.1) is 0 Å². The zero-order valence-electron chi connectivity index (χ0n) is 5.67. The van der Waals surface area contributed by atoms with E-state index in [-0.39, 0.29) is 5.82 Å². The summed E-state index contributed by atoms with van der Waals surface area (Å²) in [6.45, 7) is 0. The Bertz CT molecular complexity index is 309. The normalized spacial score (nSPS) is 13.9. The molecule has 1 nitrogen and oxygen atoms in total. The van der Waals surface area contributed by atoms with Gasteiger partial charge in [0.2, 0.25) is 0 Å². The number of fused-ring (bicyclic) bond motifs is 1. The van der Waals surface area contributed by atoms with Gasteiger partial charge in [0, 0.05) is 11.1 Å². The van der Waals surface area contributed by atoms with Gasteiger partial charge in [-0.1, -0.05) is 11.8 Å². The summed E-state index contributed by atoms with van der Waals surface area (Å²) >= 11 is 1.52. The molecule has 0 radical (unpaired) electrons. The van der Waals surface area contributed by atoms with Crippen LogP contribution in [0.1, 0.15) is 0 Å². The van der Waals surface area contributed by atoms with Crippen LogP contribution in [0.25, 0.3) is 0 Å². The zero-order valence-corrected chi connectivity index (χ0v) is 6.49. The van der Waals surface area contributed by atoms with Crippen molar-refractivity contribution in [1.29, 1.82) is 0 Å². The average molecular weight is 167 g/mol. The maximum atomic E-state index is 12.6. The Balaban J connectivity index is 2.48. The number of nitrogens with one attached hydrogen (secondary N) is 1. The first-order valence-corrected chi connectivity index (χ1v) is 4.12. The van der Waals surface area contributed by atoms with E-state index in [1.807, 2.05) is 11.6 Å². The van der Waals surface area contributed by atoms with Gasteiger partial charge in [-0.3, -0.25) is 0 Å². The predicted octanol–water partition coefficient (Wildman–Crippen LogP) is 2.81. The van der Waals surface area contributed by atoms with Gasteiger partial charge in [-0.05, 0) is 23.6 Å². The number of halogens is 1. The third-order valence-electron chi connectivity index (χ3n) is 1.45. The Kier molecular flexibility index (Phi) is 1.58. The molecule has 1 aliphatic rings. The minimum atomic E-state index is -0.187. The first-order chi connectivity index (χ1) is 5.36. The molecular formula is C8H6FNS. The summed E-state index contributed by atoms with van der Waals surface area (Å²) in [5.74, 6) is -0.187. The number of benzene rings is 1. The van der Waals surface area contributed by atoms with Crippen molar-refractivity contribution in [3.8, 4) is 0 Å². The third-order valence-corrected chi connectivity index (χ3v) is 2.31. The molecular weight excluding hydrogens is 161 g/mol. The number of anilines is 1. The van der Waals surface area contributed by atoms with Gasteiger partial charge in [-0.25, -0.2) is 4.39 Å². The van der Waals surface area contributed by atoms with E-state index in [4.69, 9.17) is 0 Å². The summed E-state index contributed by atoms with van der Waals surface area (Å²) < 4.78 is 12.6. The lowest BCUT2D eigenvalue weighted by Crippen LogP contribution is -1.93. The lowest BCUT2D eigenvalue weighted by atomic mass is 10.3. The van der Waals surface area contributed by atoms with Crippen LogP contribution in [0.5, 0.6) is 0 Å². The smallest absolute Gasteiger partial charge is 0.124 e. The van der Waals surface area contributed by atoms with E-state index in [0.717, 1.165) is 10.6 Å². The summed E-state index contributed by atoms with van der Waals surface area (Å²) in [6.07, 6.45) is 1.84. The molecule has 2 rings (SSSR count). The Morgan fingerprint density at radius 1 is 1.36 bits per heavy atom. The van der Waals surface area contributed by atoms with Crippen LogP contribution >= 0.6 is 11.8 Å². The molecule has 0 unspecified atom stereocenters. The first kappa shape index (κ1) is 6.73. The van der Waals surface area contributed by atoms with Crippen molar-refractivity contribution in [3.63, 3.8) is 0 Å². The minimum Gasteiger partial charge on any atom is -0.360 e. The molecule has 56 valence electrons. The van der Waals surface area contributed by atoms with Crippen LogP contribution in [-0.2, 0) is 0 Å². The van der Waals surface area contributed by atoms with Crippen LogP contribution in [0.15, 0.2) is 34.7 Å². The fraction of sp³-hybridized carbons (Fsp3) is 0. The molecule has 0 saturated carbocycles. The average Bonchev–Trinajstić information content (AvgIpc) is 2.04. The van der Waals surface area contributed by atoms with Gasteiger partial charge in [0.05, 0.1) is 5.69 Å². The molecule has 0 fully saturated rings. The SMILES string of the molecule is Fc1ccc2c(c1)SC=CN2. The molecule has 1 aliphatic heterocycles. The van der Waals surface area contributed by atoms with Crippen LogP contribution < -0.4 is 5.32 Å². The van der Waals surface area contributed by atoms with Crippen molar-refractivity contribution >= 4 is 17.4 Å². The molecule has 0 aliphatic carbocycles. The van der Waals surface area contributed by atoms with Crippen molar-refractivity contribution < 1.29 is 4.39 Å². The van der Waals surface area contributed by atoms with Crippen molar-refractivity contribution in [3.05, 3.63) is 35.6 Å². The highest BCUT2D eigenvalue weighted by molar-refractivity contribution is 8.02. The van der Waals surface area contributed by atoms with E-state index in [1.54, 1.807) is 6.07 Å². The maximum Gasteiger partial charge on any atom is 0.124 e. The van der Waals surface area contributed by atoms with Crippen molar-refractivity contribution in [2.75, 3.05) is 5.32 Å². The van der Waals surface area contributed by atoms with Crippen molar-refractivity contribution in [2.45, 2.75) is 4.90 Å². The molecule has 0 amide bonds. The van der Waals surface area contributed by atoms with Gasteiger partial charge in [0.25, 0.3) is 0 Å². The second-order valence-electron chi connectivity index (χ2n) is 2.21. The molecule has 3 heteroatoms. The summed E-state index contributed by atoms with van der Waals surface area (Å²) in [6, 6.07) is 4.71. The van der Waals surface area contributed by atoms with Gasteiger partial charge in [0.1, 0.15) is 5.82 Å². The highest BCUT2D eigenvalue weighted by Crippen LogP contribution is 2.31. The van der Waals surface area contributed by atoms with E-state index in [9.17, 15) is 4.39 Å². The van der Waals surface area contributed by atoms with Crippen LogP contribution in [0.2, 0.25) is 0 Å². The van der Waals surface area contributed by atoms with Gasteiger partial charge < -0.3 is 5.32 Å². The minimum absolute atomic E-state index is 0.187. The van der Waals surface area contributed by atoms with Gasteiger partial charge in [0.15, 0.2) is 0 Å². The topological polar surface area (TPSA) is 12.0 Å². The fourth-order valence-corrected chi connectivity index (χ4v) is 1.66. The fourth-order valence-electron chi connectivity index (χ4n) is 0.944. The first-order valence-electron chi connectivity index (χ1n) is 3.24. The maximum absolute atomic E-state index is 12.6. The second-order valence-corrected chi connectivity index (χ2v) is 3.15. The molecule has 1 heterocycles. The molecule has 1 aromatic rings. The van der Waals surface area contributed by atoms with E-state index >= 15 is 0 Å². The summed E-state index contributed by atoms with van der Waals surface area (Å²) in [7, 11) is 0. The summed E-state index contributed by atoms with van der Waals surface area (Å²) in [5, 5.41) is 4.91. The van der Waals surface area contributed by atoms with E-state index in [0.29, 0.717) is 0 Å². The van der Waals surface area contributed by atoms with Crippen LogP contribution in [-0.4, -0.2) is 0 Å². The number of rotatable bonds is 0. The van der Waals surface area contributed by atoms with Crippen LogP contribution in [0.3, 0.4) is 0 Å². The van der Waals surface area contributed by atoms with Gasteiger partial charge >= 0.3 is 0 Å². The molecule has 1 aromatic carbocycles. The largest absolute Gasteiger partial charge is 0.360 e. The summed E-state index contributed by atoms with van der Waals surface area (Å²) in [4.78, 5) is 0.938. The highest BCUT2D eigenvalue weighted by Gasteiger charge is 2.04. The third kappa shape index (κ3) is 1.24. The molecule has 0 aromatic heterocycles. The predicted molar refractivity (Wildman–Crippen MR) is 45.0 cm³/mol. The zero-order chi connectivity index (χ0) is 7.68. The Morgan fingerprint density at radius 3 is 3.18 bits per heavy atom. The molecule has 0 bridgehead atoms. The molecule has 0 spiro atoms. The Morgan fingerprint density at radius 2 is 2.27 bits per heavy atom. The van der Waals surface area contributed by atoms with Gasteiger partial charge in [-0.2, -0.15) is 0 Å². The molecule has 0 atom stereocenters. The number of hydrogen-bond acceptors (Lipinski definition) is 2. The van der Waals surface area contributed by atoms with E-state index in [1.165, 1.54) is 23.9 Å². The number of hydrogen-bond donors (Lipinski definition) is 1. The molecule has 11 heavy (non-hydrogen) atoms. The quantitative estimate of drug-likeness (QED) is 0.637. The number of thioether (sulfide) groups is 1. The Labute approximate surface area is 68.3 Å². The van der Waals surface area contributed by atoms with Crippen molar-refractivity contribution in [1.82, 2.24) is 0 Å². The highest BCUT2D eigenvalue weighted by atomic mass is 32.2. The van der Waals surface area contributed by atoms with Crippen molar-refractivity contribution in [2.24, 2.45) is 0 Å². The van der Waals surface area contributed by atoms with E-state index in [2.05, 4.69) is 5.32 Å². The second kappa shape index (κ2) is 2.58. The van der Waals surface area contributed by atoms with Crippen LogP contribution in [0, 0.1) is 5.82 Å². The molecule has 1 N–H and O–H groups in total. The molecule has 0 saturated heterocycles. The Hall–Kier alpha value is -0.960. The monoisotopic (exact) mass is 167 g/mol. The lowest BCUT2D eigenvalue weighted by Gasteiger charge is -2.10.